The van der Waals surface area contributed by atoms with Gasteiger partial charge in [0.25, 0.3) is 15.9 Å². The number of carbonyl (C=O) groups is 2. The lowest BCUT2D eigenvalue weighted by molar-refractivity contribution is -0.122. The van der Waals surface area contributed by atoms with Crippen LogP contribution in [0, 0.1) is 0 Å². The van der Waals surface area contributed by atoms with Gasteiger partial charge in [0.15, 0.2) is 0 Å². The summed E-state index contributed by atoms with van der Waals surface area (Å²) in [6.45, 7) is 3.94. The van der Waals surface area contributed by atoms with Gasteiger partial charge in [-0.2, -0.15) is 0 Å². The minimum absolute atomic E-state index is 0.0252. The average Bonchev–Trinajstić information content (AvgIpc) is 3.11. The molecule has 154 valence electrons. The normalized spacial score (nSPS) is 13.3. The standard InChI is InChI=1S/C21H25N3O4S/c1-15(2)22-20(25)14-23(3)21(26)17-8-6-9-18(13-17)29(27,28)24-12-11-16-7-4-5-10-19(16)24/h4-10,13,15H,11-12,14H2,1-3H3,(H,22,25). The maximum atomic E-state index is 13.2. The lowest BCUT2D eigenvalue weighted by atomic mass is 10.2. The molecule has 0 saturated carbocycles. The molecule has 1 aliphatic heterocycles. The van der Waals surface area contributed by atoms with Gasteiger partial charge < -0.3 is 10.2 Å². The molecule has 0 bridgehead atoms. The number of fused-ring (bicyclic) bond motifs is 1. The Morgan fingerprint density at radius 3 is 2.59 bits per heavy atom. The molecule has 2 aromatic rings. The molecule has 29 heavy (non-hydrogen) atoms. The fourth-order valence-corrected chi connectivity index (χ4v) is 4.90. The van der Waals surface area contributed by atoms with Crippen molar-refractivity contribution in [1.29, 1.82) is 0 Å². The lowest BCUT2D eigenvalue weighted by Crippen LogP contribution is -2.40. The Hall–Kier alpha value is -2.87. The van der Waals surface area contributed by atoms with E-state index in [4.69, 9.17) is 0 Å². The molecule has 2 aromatic carbocycles. The number of likely N-dealkylation sites (N-methyl/N-ethyl adjacent to an activating group) is 1. The van der Waals surface area contributed by atoms with E-state index in [1.165, 1.54) is 28.4 Å². The van der Waals surface area contributed by atoms with Crippen LogP contribution in [-0.2, 0) is 21.2 Å². The van der Waals surface area contributed by atoms with E-state index in [0.717, 1.165) is 5.56 Å². The molecule has 1 aliphatic rings. The quantitative estimate of drug-likeness (QED) is 0.782. The zero-order valence-electron chi connectivity index (χ0n) is 16.8. The molecule has 1 N–H and O–H groups in total. The number of para-hydroxylation sites is 1. The smallest absolute Gasteiger partial charge is 0.264 e. The van der Waals surface area contributed by atoms with Gasteiger partial charge in [-0.25, -0.2) is 8.42 Å². The van der Waals surface area contributed by atoms with E-state index in [2.05, 4.69) is 5.32 Å². The Bertz CT molecular complexity index is 1030. The molecular weight excluding hydrogens is 390 g/mol. The molecule has 0 atom stereocenters. The second kappa shape index (κ2) is 8.24. The van der Waals surface area contributed by atoms with Gasteiger partial charge >= 0.3 is 0 Å². The first-order valence-electron chi connectivity index (χ1n) is 9.45. The highest BCUT2D eigenvalue weighted by Crippen LogP contribution is 2.32. The molecule has 8 heteroatoms. The van der Waals surface area contributed by atoms with Crippen LogP contribution < -0.4 is 9.62 Å². The molecule has 0 aliphatic carbocycles. The first-order chi connectivity index (χ1) is 13.7. The van der Waals surface area contributed by atoms with E-state index in [-0.39, 0.29) is 29.0 Å². The monoisotopic (exact) mass is 415 g/mol. The molecule has 2 amide bonds. The van der Waals surface area contributed by atoms with E-state index in [9.17, 15) is 18.0 Å². The molecule has 0 unspecified atom stereocenters. The number of benzene rings is 2. The van der Waals surface area contributed by atoms with Crippen molar-refractivity contribution in [3.05, 3.63) is 59.7 Å². The van der Waals surface area contributed by atoms with Crippen molar-refractivity contribution in [2.24, 2.45) is 0 Å². The second-order valence-electron chi connectivity index (χ2n) is 7.37. The lowest BCUT2D eigenvalue weighted by Gasteiger charge is -2.21. The van der Waals surface area contributed by atoms with Crippen molar-refractivity contribution in [2.75, 3.05) is 24.4 Å². The zero-order chi connectivity index (χ0) is 21.2. The van der Waals surface area contributed by atoms with Crippen LogP contribution in [0.15, 0.2) is 53.4 Å². The third-order valence-corrected chi connectivity index (χ3v) is 6.50. The van der Waals surface area contributed by atoms with Crippen LogP contribution in [0.4, 0.5) is 5.69 Å². The van der Waals surface area contributed by atoms with Gasteiger partial charge in [-0.3, -0.25) is 13.9 Å². The van der Waals surface area contributed by atoms with Crippen LogP contribution in [0.1, 0.15) is 29.8 Å². The van der Waals surface area contributed by atoms with Crippen LogP contribution in [0.3, 0.4) is 0 Å². The first-order valence-corrected chi connectivity index (χ1v) is 10.9. The summed E-state index contributed by atoms with van der Waals surface area (Å²) in [5.41, 5.74) is 1.88. The average molecular weight is 416 g/mol. The Kier molecular flexibility index (Phi) is 5.93. The fraction of sp³-hybridized carbons (Fsp3) is 0.333. The highest BCUT2D eigenvalue weighted by atomic mass is 32.2. The van der Waals surface area contributed by atoms with E-state index >= 15 is 0 Å². The third kappa shape index (κ3) is 4.42. The van der Waals surface area contributed by atoms with E-state index < -0.39 is 15.9 Å². The number of anilines is 1. The Labute approximate surface area is 171 Å². The summed E-state index contributed by atoms with van der Waals surface area (Å²) in [7, 11) is -2.28. The number of nitrogens with zero attached hydrogens (tertiary/aromatic N) is 2. The molecular formula is C21H25N3O4S. The maximum absolute atomic E-state index is 13.2. The summed E-state index contributed by atoms with van der Waals surface area (Å²) in [5.74, 6) is -0.684. The second-order valence-corrected chi connectivity index (χ2v) is 9.23. The zero-order valence-corrected chi connectivity index (χ0v) is 17.6. The van der Waals surface area contributed by atoms with Gasteiger partial charge in [-0.1, -0.05) is 24.3 Å². The number of nitrogens with one attached hydrogen (secondary N) is 1. The molecule has 1 heterocycles. The number of hydrogen-bond acceptors (Lipinski definition) is 4. The summed E-state index contributed by atoms with van der Waals surface area (Å²) < 4.78 is 27.7. The fourth-order valence-electron chi connectivity index (χ4n) is 3.35. The van der Waals surface area contributed by atoms with Gasteiger partial charge in [0.05, 0.1) is 17.1 Å². The van der Waals surface area contributed by atoms with Crippen molar-refractivity contribution in [1.82, 2.24) is 10.2 Å². The number of carbonyl (C=O) groups excluding carboxylic acids is 2. The van der Waals surface area contributed by atoms with Crippen LogP contribution in [0.25, 0.3) is 0 Å². The Balaban J connectivity index is 1.82. The van der Waals surface area contributed by atoms with Crippen molar-refractivity contribution in [3.8, 4) is 0 Å². The van der Waals surface area contributed by atoms with Gasteiger partial charge in [0, 0.05) is 25.2 Å². The van der Waals surface area contributed by atoms with Gasteiger partial charge in [-0.05, 0) is 50.1 Å². The third-order valence-electron chi connectivity index (χ3n) is 4.69. The molecule has 0 fully saturated rings. The molecule has 0 aromatic heterocycles. The van der Waals surface area contributed by atoms with Crippen LogP contribution in [0.5, 0.6) is 0 Å². The summed E-state index contributed by atoms with van der Waals surface area (Å²) in [6.07, 6.45) is 0.654. The number of sulfonamides is 1. The van der Waals surface area contributed by atoms with E-state index in [1.807, 2.05) is 32.0 Å². The molecule has 0 radical (unpaired) electrons. The summed E-state index contributed by atoms with van der Waals surface area (Å²) >= 11 is 0. The minimum atomic E-state index is -3.79. The van der Waals surface area contributed by atoms with Gasteiger partial charge in [0.1, 0.15) is 0 Å². The largest absolute Gasteiger partial charge is 0.352 e. The predicted octanol–water partition coefficient (Wildman–Crippen LogP) is 2.03. The molecule has 3 rings (SSSR count). The summed E-state index contributed by atoms with van der Waals surface area (Å²) in [6, 6.07) is 13.3. The van der Waals surface area contributed by atoms with Crippen molar-refractivity contribution >= 4 is 27.5 Å². The molecule has 0 saturated heterocycles. The van der Waals surface area contributed by atoms with E-state index in [0.29, 0.717) is 18.7 Å². The number of rotatable bonds is 6. The van der Waals surface area contributed by atoms with Crippen molar-refractivity contribution in [3.63, 3.8) is 0 Å². The summed E-state index contributed by atoms with van der Waals surface area (Å²) in [5, 5.41) is 2.73. The Morgan fingerprint density at radius 1 is 1.14 bits per heavy atom. The highest BCUT2D eigenvalue weighted by molar-refractivity contribution is 7.92. The molecule has 7 nitrogen and oxygen atoms in total. The minimum Gasteiger partial charge on any atom is -0.352 e. The van der Waals surface area contributed by atoms with Crippen molar-refractivity contribution in [2.45, 2.75) is 31.2 Å². The molecule has 0 spiro atoms. The number of amides is 2. The van der Waals surface area contributed by atoms with E-state index in [1.54, 1.807) is 18.2 Å². The first kappa shape index (κ1) is 20.9. The van der Waals surface area contributed by atoms with Crippen LogP contribution >= 0.6 is 0 Å². The van der Waals surface area contributed by atoms with Gasteiger partial charge in [0.2, 0.25) is 5.91 Å². The number of hydrogen-bond donors (Lipinski definition) is 1. The van der Waals surface area contributed by atoms with Crippen LogP contribution in [-0.4, -0.2) is 51.3 Å². The van der Waals surface area contributed by atoms with Gasteiger partial charge in [-0.15, -0.1) is 0 Å². The Morgan fingerprint density at radius 2 is 1.86 bits per heavy atom. The highest BCUT2D eigenvalue weighted by Gasteiger charge is 2.31. The SMILES string of the molecule is CC(C)NC(=O)CN(C)C(=O)c1cccc(S(=O)(=O)N2CCc3ccccc32)c1. The predicted molar refractivity (Wildman–Crippen MR) is 111 cm³/mol. The summed E-state index contributed by atoms with van der Waals surface area (Å²) in [4.78, 5) is 25.9. The van der Waals surface area contributed by atoms with Crippen molar-refractivity contribution < 1.29 is 18.0 Å². The maximum Gasteiger partial charge on any atom is 0.264 e. The van der Waals surface area contributed by atoms with Crippen LogP contribution in [0.2, 0.25) is 0 Å². The topological polar surface area (TPSA) is 86.8 Å².